The molecule has 30 heavy (non-hydrogen) atoms. The van der Waals surface area contributed by atoms with E-state index in [2.05, 4.69) is 9.72 Å². The van der Waals surface area contributed by atoms with Crippen molar-refractivity contribution in [3.05, 3.63) is 35.9 Å². The number of H-pyrrole nitrogens is 1. The van der Waals surface area contributed by atoms with E-state index in [-0.39, 0.29) is 0 Å². The third kappa shape index (κ3) is 4.22. The number of aromatic nitrogens is 1. The van der Waals surface area contributed by atoms with Gasteiger partial charge in [-0.25, -0.2) is 0 Å². The van der Waals surface area contributed by atoms with Crippen molar-refractivity contribution in [1.82, 2.24) is 4.98 Å². The highest BCUT2D eigenvalue weighted by Gasteiger charge is 2.31. The Morgan fingerprint density at radius 2 is 1.67 bits per heavy atom. The first-order chi connectivity index (χ1) is 14.2. The van der Waals surface area contributed by atoms with E-state index in [4.69, 9.17) is 14.2 Å². The smallest absolute Gasteiger partial charge is 0.493 e. The van der Waals surface area contributed by atoms with E-state index >= 15 is 0 Å². The number of fused-ring (bicyclic) bond motifs is 1. The molecule has 0 aliphatic carbocycles. The predicted octanol–water partition coefficient (Wildman–Crippen LogP) is 4.39. The average Bonchev–Trinajstić information content (AvgIpc) is 3.02. The summed E-state index contributed by atoms with van der Waals surface area (Å²) in [6.45, 7) is 0. The van der Waals surface area contributed by atoms with Gasteiger partial charge < -0.3 is 29.0 Å². The second-order valence-corrected chi connectivity index (χ2v) is 6.22. The number of methoxy groups -OCH3 is 3. The number of halogens is 3. The van der Waals surface area contributed by atoms with Gasteiger partial charge in [0.2, 0.25) is 5.75 Å². The van der Waals surface area contributed by atoms with Gasteiger partial charge in [-0.2, -0.15) is 0 Å². The molecule has 0 saturated carbocycles. The first-order valence-electron chi connectivity index (χ1n) is 8.59. The van der Waals surface area contributed by atoms with Gasteiger partial charge in [0.1, 0.15) is 5.75 Å². The Kier molecular flexibility index (Phi) is 5.68. The lowest BCUT2D eigenvalue weighted by Crippen LogP contribution is -2.17. The van der Waals surface area contributed by atoms with E-state index in [0.717, 1.165) is 12.1 Å². The number of hydrogen-bond donors (Lipinski definition) is 2. The van der Waals surface area contributed by atoms with Crippen LogP contribution in [0.5, 0.6) is 23.0 Å². The predicted molar refractivity (Wildman–Crippen MR) is 101 cm³/mol. The highest BCUT2D eigenvalue weighted by atomic mass is 19.4. The minimum absolute atomic E-state index is 0.291. The Balaban J connectivity index is 2.24. The molecule has 0 spiro atoms. The Morgan fingerprint density at radius 1 is 1.03 bits per heavy atom. The standard InChI is InChI=1S/C20H18F3NO6/c1-27-15-6-10(7-16(28-2)19(15)29-3)18-13(9-17(25)26)12-8-11(30-20(21,22)23)4-5-14(12)24-18/h4-8,24H,9H2,1-3H3,(H,25,26). The molecule has 1 aromatic heterocycles. The molecule has 2 aromatic carbocycles. The molecular weight excluding hydrogens is 407 g/mol. The molecule has 160 valence electrons. The first kappa shape index (κ1) is 21.2. The van der Waals surface area contributed by atoms with E-state index in [9.17, 15) is 23.1 Å². The molecule has 1 heterocycles. The Hall–Kier alpha value is -3.56. The first-order valence-corrected chi connectivity index (χ1v) is 8.59. The SMILES string of the molecule is COc1cc(-c2[nH]c3ccc(OC(F)(F)F)cc3c2CC(=O)O)cc(OC)c1OC. The van der Waals surface area contributed by atoms with Gasteiger partial charge in [-0.05, 0) is 35.9 Å². The normalized spacial score (nSPS) is 11.4. The largest absolute Gasteiger partial charge is 0.573 e. The fraction of sp³-hybridized carbons (Fsp3) is 0.250. The van der Waals surface area contributed by atoms with Crippen molar-refractivity contribution in [3.8, 4) is 34.3 Å². The molecule has 0 aliphatic rings. The van der Waals surface area contributed by atoms with Gasteiger partial charge in [0.15, 0.2) is 11.5 Å². The topological polar surface area (TPSA) is 90.0 Å². The maximum Gasteiger partial charge on any atom is 0.573 e. The van der Waals surface area contributed by atoms with Crippen molar-refractivity contribution in [2.24, 2.45) is 0 Å². The summed E-state index contributed by atoms with van der Waals surface area (Å²) < 4.78 is 57.7. The second kappa shape index (κ2) is 8.05. The zero-order chi connectivity index (χ0) is 22.1. The van der Waals surface area contributed by atoms with Crippen LogP contribution in [0.3, 0.4) is 0 Å². The third-order valence-electron chi connectivity index (χ3n) is 4.39. The van der Waals surface area contributed by atoms with Gasteiger partial charge in [0.25, 0.3) is 0 Å². The summed E-state index contributed by atoms with van der Waals surface area (Å²) in [5.74, 6) is -0.565. The molecule has 0 aliphatic heterocycles. The minimum atomic E-state index is -4.86. The average molecular weight is 425 g/mol. The number of benzene rings is 2. The van der Waals surface area contributed by atoms with Crippen molar-refractivity contribution < 1.29 is 42.0 Å². The second-order valence-electron chi connectivity index (χ2n) is 6.22. The molecule has 0 radical (unpaired) electrons. The molecule has 0 bridgehead atoms. The molecule has 10 heteroatoms. The van der Waals surface area contributed by atoms with Crippen molar-refractivity contribution in [3.63, 3.8) is 0 Å². The van der Waals surface area contributed by atoms with Crippen LogP contribution >= 0.6 is 0 Å². The fourth-order valence-electron chi connectivity index (χ4n) is 3.23. The highest BCUT2D eigenvalue weighted by molar-refractivity contribution is 5.95. The van der Waals surface area contributed by atoms with Gasteiger partial charge in [-0.15, -0.1) is 13.2 Å². The number of alkyl halides is 3. The van der Waals surface area contributed by atoms with Gasteiger partial charge in [0.05, 0.1) is 33.4 Å². The van der Waals surface area contributed by atoms with E-state index in [1.165, 1.54) is 27.4 Å². The number of aliphatic carboxylic acids is 1. The lowest BCUT2D eigenvalue weighted by atomic mass is 10.0. The highest BCUT2D eigenvalue weighted by Crippen LogP contribution is 2.43. The van der Waals surface area contributed by atoms with Crippen LogP contribution in [-0.2, 0) is 11.2 Å². The maximum atomic E-state index is 12.6. The quantitative estimate of drug-likeness (QED) is 0.584. The van der Waals surface area contributed by atoms with Crippen molar-refractivity contribution >= 4 is 16.9 Å². The summed E-state index contributed by atoms with van der Waals surface area (Å²) in [5.41, 5.74) is 1.65. The maximum absolute atomic E-state index is 12.6. The molecule has 7 nitrogen and oxygen atoms in total. The zero-order valence-electron chi connectivity index (χ0n) is 16.2. The number of rotatable bonds is 7. The Morgan fingerprint density at radius 3 is 2.17 bits per heavy atom. The summed E-state index contributed by atoms with van der Waals surface area (Å²) in [6, 6.07) is 6.92. The number of ether oxygens (including phenoxy) is 4. The summed E-state index contributed by atoms with van der Waals surface area (Å²) in [4.78, 5) is 14.5. The third-order valence-corrected chi connectivity index (χ3v) is 4.39. The van der Waals surface area contributed by atoms with Crippen LogP contribution in [0.1, 0.15) is 5.56 Å². The van der Waals surface area contributed by atoms with Crippen LogP contribution in [0.4, 0.5) is 13.2 Å². The number of carboxylic acids is 1. The van der Waals surface area contributed by atoms with Crippen molar-refractivity contribution in [2.75, 3.05) is 21.3 Å². The molecule has 0 saturated heterocycles. The minimum Gasteiger partial charge on any atom is -0.493 e. The van der Waals surface area contributed by atoms with Crippen LogP contribution in [-0.4, -0.2) is 43.8 Å². The van der Waals surface area contributed by atoms with E-state index in [1.807, 2.05) is 0 Å². The van der Waals surface area contributed by atoms with Crippen LogP contribution in [0.2, 0.25) is 0 Å². The molecule has 3 rings (SSSR count). The van der Waals surface area contributed by atoms with E-state index in [0.29, 0.717) is 45.0 Å². The summed E-state index contributed by atoms with van der Waals surface area (Å²) in [6.07, 6.45) is -5.29. The van der Waals surface area contributed by atoms with Gasteiger partial charge in [0, 0.05) is 16.5 Å². The molecule has 0 unspecified atom stereocenters. The van der Waals surface area contributed by atoms with Gasteiger partial charge in [-0.3, -0.25) is 4.79 Å². The summed E-state index contributed by atoms with van der Waals surface area (Å²) in [5, 5.41) is 9.66. The van der Waals surface area contributed by atoms with E-state index < -0.39 is 24.5 Å². The number of carboxylic acid groups (broad SMARTS) is 1. The molecule has 0 atom stereocenters. The fourth-order valence-corrected chi connectivity index (χ4v) is 3.23. The monoisotopic (exact) mass is 425 g/mol. The van der Waals surface area contributed by atoms with Crippen LogP contribution in [0, 0.1) is 0 Å². The molecule has 0 fully saturated rings. The number of carbonyl (C=O) groups is 1. The van der Waals surface area contributed by atoms with Gasteiger partial charge >= 0.3 is 12.3 Å². The zero-order valence-corrected chi connectivity index (χ0v) is 16.2. The van der Waals surface area contributed by atoms with E-state index in [1.54, 1.807) is 12.1 Å². The Labute approximate surface area is 168 Å². The molecule has 2 N–H and O–H groups in total. The molecule has 3 aromatic rings. The van der Waals surface area contributed by atoms with Crippen molar-refractivity contribution in [1.29, 1.82) is 0 Å². The number of aromatic amines is 1. The Bertz CT molecular complexity index is 1070. The molecule has 0 amide bonds. The number of nitrogens with one attached hydrogen (secondary N) is 1. The van der Waals surface area contributed by atoms with Crippen LogP contribution < -0.4 is 18.9 Å². The summed E-state index contributed by atoms with van der Waals surface area (Å²) in [7, 11) is 4.32. The van der Waals surface area contributed by atoms with Gasteiger partial charge in [-0.1, -0.05) is 0 Å². The molecular formula is C20H18F3NO6. The van der Waals surface area contributed by atoms with Crippen molar-refractivity contribution in [2.45, 2.75) is 12.8 Å². The van der Waals surface area contributed by atoms with Crippen LogP contribution in [0.15, 0.2) is 30.3 Å². The van der Waals surface area contributed by atoms with Crippen LogP contribution in [0.25, 0.3) is 22.2 Å². The number of hydrogen-bond acceptors (Lipinski definition) is 5. The lowest BCUT2D eigenvalue weighted by Gasteiger charge is -2.14. The lowest BCUT2D eigenvalue weighted by molar-refractivity contribution is -0.274. The summed E-state index contributed by atoms with van der Waals surface area (Å²) >= 11 is 0.